The molecule has 0 amide bonds. The van der Waals surface area contributed by atoms with Crippen molar-refractivity contribution < 1.29 is 6.11 Å². The summed E-state index contributed by atoms with van der Waals surface area (Å²) >= 11 is 0. The molecule has 2 heteroatoms. The molecule has 0 aromatic carbocycles. The summed E-state index contributed by atoms with van der Waals surface area (Å²) in [5.74, 6) is 0.519. The average Bonchev–Trinajstić information content (AvgIpc) is 1.88. The maximum atomic E-state index is 7.35. The van der Waals surface area contributed by atoms with Gasteiger partial charge >= 0.3 is 0 Å². The number of rotatable bonds is 1. The Labute approximate surface area is 55.9 Å². The van der Waals surface area contributed by atoms with Crippen molar-refractivity contribution in [1.29, 1.82) is 0 Å². The number of hydrogen-bond donors (Lipinski definition) is 0. The highest BCUT2D eigenvalue weighted by Gasteiger charge is 1.86. The van der Waals surface area contributed by atoms with Gasteiger partial charge in [0, 0.05) is 5.69 Å². The molecule has 2 nitrogen and oxygen atoms in total. The van der Waals surface area contributed by atoms with E-state index in [1.807, 2.05) is 6.92 Å². The zero-order chi connectivity index (χ0) is 7.56. The third-order valence-corrected chi connectivity index (χ3v) is 1.03. The lowest BCUT2D eigenvalue weighted by atomic mass is 10.4. The summed E-state index contributed by atoms with van der Waals surface area (Å²) in [4.78, 5) is 3.97. The minimum Gasteiger partial charge on any atom is -0.495 e. The zero-order valence-electron chi connectivity index (χ0n) is 6.51. The van der Waals surface area contributed by atoms with Crippen molar-refractivity contribution >= 4 is 0 Å². The molecule has 0 saturated carbocycles. The van der Waals surface area contributed by atoms with Crippen molar-refractivity contribution in [3.63, 3.8) is 0 Å². The lowest BCUT2D eigenvalue weighted by molar-refractivity contribution is 0.412. The fourth-order valence-corrected chi connectivity index (χ4v) is 0.522. The van der Waals surface area contributed by atoms with E-state index in [0.717, 1.165) is 5.69 Å². The fraction of sp³-hybridized carbons (Fsp3) is 0.286. The van der Waals surface area contributed by atoms with Gasteiger partial charge in [-0.25, -0.2) is 0 Å². The van der Waals surface area contributed by atoms with Gasteiger partial charge in [-0.2, -0.15) is 0 Å². The number of hydrogen-bond acceptors (Lipinski definition) is 2. The molecular formula is C7H9NO. The second-order valence-corrected chi connectivity index (χ2v) is 1.76. The maximum absolute atomic E-state index is 7.35. The van der Waals surface area contributed by atoms with Crippen molar-refractivity contribution in [3.05, 3.63) is 24.0 Å². The van der Waals surface area contributed by atoms with Gasteiger partial charge in [-0.1, -0.05) is 0 Å². The van der Waals surface area contributed by atoms with E-state index in [2.05, 4.69) is 4.98 Å². The average molecular weight is 124 g/mol. The van der Waals surface area contributed by atoms with Gasteiger partial charge in [-0.3, -0.25) is 4.98 Å². The molecule has 0 radical (unpaired) electrons. The molecule has 0 aliphatic rings. The van der Waals surface area contributed by atoms with Gasteiger partial charge in [0.25, 0.3) is 0 Å². The van der Waals surface area contributed by atoms with Gasteiger partial charge in [0.1, 0.15) is 5.75 Å². The van der Waals surface area contributed by atoms with Gasteiger partial charge in [-0.15, -0.1) is 0 Å². The van der Waals surface area contributed by atoms with Gasteiger partial charge in [0.05, 0.1) is 14.7 Å². The van der Waals surface area contributed by atoms with Gasteiger partial charge < -0.3 is 4.74 Å². The van der Waals surface area contributed by atoms with E-state index in [1.165, 1.54) is 7.11 Å². The normalized spacial score (nSPS) is 10.7. The first-order chi connectivity index (χ1) is 4.74. The molecule has 1 heterocycles. The lowest BCUT2D eigenvalue weighted by Gasteiger charge is -1.96. The largest absolute Gasteiger partial charge is 0.495 e. The SMILES string of the molecule is [2H]c1cc(C)ncc1OC. The van der Waals surface area contributed by atoms with Crippen LogP contribution in [0, 0.1) is 6.92 Å². The molecule has 0 unspecified atom stereocenters. The molecule has 0 spiro atoms. The number of methoxy groups -OCH3 is 1. The summed E-state index contributed by atoms with van der Waals surface area (Å²) < 4.78 is 12.2. The Kier molecular flexibility index (Phi) is 1.32. The number of ether oxygens (including phenoxy) is 1. The highest BCUT2D eigenvalue weighted by atomic mass is 16.5. The highest BCUT2D eigenvalue weighted by Crippen LogP contribution is 2.06. The smallest absolute Gasteiger partial charge is 0.137 e. The molecule has 48 valence electrons. The van der Waals surface area contributed by atoms with Crippen LogP contribution < -0.4 is 4.74 Å². The number of pyridine rings is 1. The molecular weight excluding hydrogens is 114 g/mol. The fourth-order valence-electron chi connectivity index (χ4n) is 0.522. The van der Waals surface area contributed by atoms with Crippen LogP contribution in [0.15, 0.2) is 18.3 Å². The standard InChI is InChI=1S/C7H9NO/c1-6-3-4-7(9-2)5-8-6/h3-5H,1-2H3/i4D. The van der Waals surface area contributed by atoms with Crippen LogP contribution in [0.2, 0.25) is 0 Å². The Morgan fingerprint density at radius 2 is 2.56 bits per heavy atom. The minimum atomic E-state index is 0.384. The summed E-state index contributed by atoms with van der Waals surface area (Å²) in [6, 6.07) is 2.05. The van der Waals surface area contributed by atoms with Gasteiger partial charge in [0.15, 0.2) is 0 Å². The summed E-state index contributed by atoms with van der Waals surface area (Å²) in [5.41, 5.74) is 0.839. The third kappa shape index (κ3) is 1.42. The van der Waals surface area contributed by atoms with Crippen LogP contribution in [0.25, 0.3) is 0 Å². The van der Waals surface area contributed by atoms with Crippen molar-refractivity contribution in [2.45, 2.75) is 6.92 Å². The van der Waals surface area contributed by atoms with Crippen LogP contribution in [0.5, 0.6) is 5.75 Å². The van der Waals surface area contributed by atoms with E-state index in [9.17, 15) is 0 Å². The van der Waals surface area contributed by atoms with Crippen LogP contribution in [-0.4, -0.2) is 12.1 Å². The Bertz CT molecular complexity index is 237. The second kappa shape index (κ2) is 2.49. The van der Waals surface area contributed by atoms with Gasteiger partial charge in [-0.05, 0) is 19.0 Å². The summed E-state index contributed by atoms with van der Waals surface area (Å²) in [5, 5.41) is 0. The summed E-state index contributed by atoms with van der Waals surface area (Å²) in [7, 11) is 1.53. The molecule has 1 aromatic rings. The Hall–Kier alpha value is -1.05. The Morgan fingerprint density at radius 1 is 1.78 bits per heavy atom. The first kappa shape index (κ1) is 4.79. The van der Waals surface area contributed by atoms with E-state index in [0.29, 0.717) is 11.8 Å². The number of nitrogens with zero attached hydrogens (tertiary/aromatic N) is 1. The van der Waals surface area contributed by atoms with Crippen molar-refractivity contribution in [3.8, 4) is 5.75 Å². The monoisotopic (exact) mass is 124 g/mol. The summed E-state index contributed by atoms with van der Waals surface area (Å²) in [6.07, 6.45) is 1.55. The van der Waals surface area contributed by atoms with E-state index >= 15 is 0 Å². The van der Waals surface area contributed by atoms with E-state index in [1.54, 1.807) is 12.3 Å². The van der Waals surface area contributed by atoms with E-state index in [4.69, 9.17) is 6.11 Å². The lowest BCUT2D eigenvalue weighted by Crippen LogP contribution is -1.84. The molecule has 0 atom stereocenters. The highest BCUT2D eigenvalue weighted by molar-refractivity contribution is 5.18. The van der Waals surface area contributed by atoms with Crippen LogP contribution in [0.3, 0.4) is 0 Å². The van der Waals surface area contributed by atoms with Crippen molar-refractivity contribution in [2.24, 2.45) is 0 Å². The second-order valence-electron chi connectivity index (χ2n) is 1.76. The molecule has 0 bridgehead atoms. The minimum absolute atomic E-state index is 0.384. The van der Waals surface area contributed by atoms with Crippen LogP contribution >= 0.6 is 0 Å². The molecule has 1 aromatic heterocycles. The summed E-state index contributed by atoms with van der Waals surface area (Å²) in [6.45, 7) is 1.84. The van der Waals surface area contributed by atoms with Crippen LogP contribution in [0.4, 0.5) is 0 Å². The van der Waals surface area contributed by atoms with Crippen LogP contribution in [0.1, 0.15) is 7.06 Å². The predicted octanol–water partition coefficient (Wildman–Crippen LogP) is 1.40. The zero-order valence-corrected chi connectivity index (χ0v) is 5.51. The third-order valence-electron chi connectivity index (χ3n) is 1.03. The van der Waals surface area contributed by atoms with Crippen LogP contribution in [-0.2, 0) is 0 Å². The van der Waals surface area contributed by atoms with Gasteiger partial charge in [0.2, 0.25) is 0 Å². The molecule has 0 aliphatic carbocycles. The number of aromatic nitrogens is 1. The van der Waals surface area contributed by atoms with Crippen molar-refractivity contribution in [1.82, 2.24) is 4.98 Å². The van der Waals surface area contributed by atoms with Crippen molar-refractivity contribution in [2.75, 3.05) is 7.11 Å². The molecule has 0 saturated heterocycles. The van der Waals surface area contributed by atoms with E-state index < -0.39 is 0 Å². The first-order valence-corrected chi connectivity index (χ1v) is 2.71. The Morgan fingerprint density at radius 3 is 3.11 bits per heavy atom. The maximum Gasteiger partial charge on any atom is 0.137 e. The predicted molar refractivity (Wildman–Crippen MR) is 35.5 cm³/mol. The molecule has 9 heavy (non-hydrogen) atoms. The topological polar surface area (TPSA) is 22.1 Å². The molecule has 1 rings (SSSR count). The molecule has 0 N–H and O–H groups in total. The molecule has 0 aliphatic heterocycles. The first-order valence-electron chi connectivity index (χ1n) is 3.21. The quantitative estimate of drug-likeness (QED) is 0.564. The molecule has 0 fully saturated rings. The Balaban J connectivity index is 3.07. The number of aryl methyl sites for hydroxylation is 1. The van der Waals surface area contributed by atoms with E-state index in [-0.39, 0.29) is 0 Å².